The lowest BCUT2D eigenvalue weighted by molar-refractivity contribution is -0.137. The summed E-state index contributed by atoms with van der Waals surface area (Å²) in [6.45, 7) is 6.15. The van der Waals surface area contributed by atoms with Crippen LogP contribution in [-0.4, -0.2) is 55.1 Å². The molecule has 40 heavy (non-hydrogen) atoms. The molecule has 8 nitrogen and oxygen atoms in total. The standard InChI is InChI=1S/C32H47N3O5/c1-22-15-23-17-24(16-22)19-32(2,18-23)31(39)33-13-6-4-5-7-14-40-28-10-8-9-25(21-36)26(28)20-35(3)27-11-12-29(37)34-30(27)38/h8-10,21-24,27H,4-7,11-20H2,1-3H3,(H,33,39)(H,34,37,38). The van der Waals surface area contributed by atoms with Crippen molar-refractivity contribution in [1.82, 2.24) is 15.5 Å². The molecule has 3 amide bonds. The van der Waals surface area contributed by atoms with Crippen LogP contribution in [-0.2, 0) is 20.9 Å². The summed E-state index contributed by atoms with van der Waals surface area (Å²) in [5, 5.41) is 5.62. The highest BCUT2D eigenvalue weighted by Gasteiger charge is 2.44. The Morgan fingerprint density at radius 3 is 2.55 bits per heavy atom. The smallest absolute Gasteiger partial charge is 0.243 e. The Hall–Kier alpha value is -2.74. The molecular formula is C32H47N3O5. The monoisotopic (exact) mass is 553 g/mol. The second-order valence-corrected chi connectivity index (χ2v) is 12.9. The topological polar surface area (TPSA) is 105 Å². The van der Waals surface area contributed by atoms with E-state index in [9.17, 15) is 19.2 Å². The van der Waals surface area contributed by atoms with Crippen molar-refractivity contribution in [2.75, 3.05) is 20.2 Å². The number of carbonyl (C=O) groups is 4. The molecular weight excluding hydrogens is 506 g/mol. The number of rotatable bonds is 13. The lowest BCUT2D eigenvalue weighted by Crippen LogP contribution is -2.51. The summed E-state index contributed by atoms with van der Waals surface area (Å²) in [5.41, 5.74) is 1.08. The molecule has 220 valence electrons. The SMILES string of the molecule is CC1CC2CC(C1)CC(C)(C(=O)NCCCCCCOc1cccc(C=O)c1CN(C)C1CCC(=O)NC1=O)C2. The van der Waals surface area contributed by atoms with Gasteiger partial charge in [-0.2, -0.15) is 0 Å². The third kappa shape index (κ3) is 7.71. The van der Waals surface area contributed by atoms with E-state index in [2.05, 4.69) is 24.5 Å². The van der Waals surface area contributed by atoms with Gasteiger partial charge in [-0.05, 0) is 82.2 Å². The van der Waals surface area contributed by atoms with Gasteiger partial charge < -0.3 is 10.1 Å². The van der Waals surface area contributed by atoms with E-state index in [1.807, 2.05) is 18.0 Å². The number of hydrogen-bond donors (Lipinski definition) is 2. The van der Waals surface area contributed by atoms with Crippen molar-refractivity contribution < 1.29 is 23.9 Å². The number of benzene rings is 1. The van der Waals surface area contributed by atoms with Crippen molar-refractivity contribution in [3.05, 3.63) is 29.3 Å². The molecule has 1 heterocycles. The van der Waals surface area contributed by atoms with Crippen molar-refractivity contribution in [3.8, 4) is 5.75 Å². The van der Waals surface area contributed by atoms with Crippen molar-refractivity contribution in [3.63, 3.8) is 0 Å². The Morgan fingerprint density at radius 2 is 1.85 bits per heavy atom. The number of ether oxygens (including phenoxy) is 1. The van der Waals surface area contributed by atoms with Gasteiger partial charge >= 0.3 is 0 Å². The van der Waals surface area contributed by atoms with Gasteiger partial charge in [-0.25, -0.2) is 0 Å². The van der Waals surface area contributed by atoms with Crippen LogP contribution in [0.15, 0.2) is 18.2 Å². The molecule has 0 aromatic heterocycles. The van der Waals surface area contributed by atoms with Crippen molar-refractivity contribution in [2.24, 2.45) is 23.2 Å². The van der Waals surface area contributed by atoms with Crippen LogP contribution in [0.4, 0.5) is 0 Å². The number of imide groups is 1. The quantitative estimate of drug-likeness (QED) is 0.209. The van der Waals surface area contributed by atoms with Gasteiger partial charge in [0.15, 0.2) is 6.29 Å². The van der Waals surface area contributed by atoms with Crippen molar-refractivity contribution in [1.29, 1.82) is 0 Å². The van der Waals surface area contributed by atoms with Crippen molar-refractivity contribution >= 4 is 24.0 Å². The summed E-state index contributed by atoms with van der Waals surface area (Å²) in [6, 6.07) is 4.99. The molecule has 2 saturated carbocycles. The average Bonchev–Trinajstić information content (AvgIpc) is 2.89. The summed E-state index contributed by atoms with van der Waals surface area (Å²) in [7, 11) is 1.82. The molecule has 2 aliphatic carbocycles. The Bertz CT molecular complexity index is 1050. The Labute approximate surface area is 239 Å². The number of carbonyl (C=O) groups excluding carboxylic acids is 4. The Kier molecular flexibility index (Phi) is 10.4. The molecule has 1 aliphatic heterocycles. The maximum Gasteiger partial charge on any atom is 0.243 e. The first kappa shape index (κ1) is 30.2. The second-order valence-electron chi connectivity index (χ2n) is 12.9. The highest BCUT2D eigenvalue weighted by molar-refractivity contribution is 6.00. The molecule has 2 bridgehead atoms. The Morgan fingerprint density at radius 1 is 1.12 bits per heavy atom. The third-order valence-corrected chi connectivity index (χ3v) is 9.22. The van der Waals surface area contributed by atoms with E-state index in [0.29, 0.717) is 49.1 Å². The van der Waals surface area contributed by atoms with Crippen LogP contribution < -0.4 is 15.4 Å². The minimum atomic E-state index is -0.421. The van der Waals surface area contributed by atoms with Gasteiger partial charge in [0.2, 0.25) is 17.7 Å². The molecule has 2 N–H and O–H groups in total. The van der Waals surface area contributed by atoms with Gasteiger partial charge in [0.25, 0.3) is 0 Å². The maximum atomic E-state index is 13.0. The van der Waals surface area contributed by atoms with Crippen LogP contribution in [0.3, 0.4) is 0 Å². The predicted molar refractivity (Wildman–Crippen MR) is 154 cm³/mol. The minimum absolute atomic E-state index is 0.207. The van der Waals surface area contributed by atoms with Crippen LogP contribution in [0.1, 0.15) is 100 Å². The molecule has 1 saturated heterocycles. The zero-order valence-corrected chi connectivity index (χ0v) is 24.5. The largest absolute Gasteiger partial charge is 0.493 e. The molecule has 1 aromatic rings. The van der Waals surface area contributed by atoms with Crippen LogP contribution >= 0.6 is 0 Å². The number of unbranched alkanes of at least 4 members (excludes halogenated alkanes) is 3. The number of amides is 3. The van der Waals surface area contributed by atoms with Gasteiger partial charge in [0.05, 0.1) is 12.6 Å². The molecule has 8 heteroatoms. The third-order valence-electron chi connectivity index (χ3n) is 9.22. The summed E-state index contributed by atoms with van der Waals surface area (Å²) in [4.78, 5) is 50.4. The van der Waals surface area contributed by atoms with E-state index in [4.69, 9.17) is 4.74 Å². The molecule has 0 spiro atoms. The number of nitrogens with zero attached hydrogens (tertiary/aromatic N) is 1. The first-order valence-corrected chi connectivity index (χ1v) is 15.2. The summed E-state index contributed by atoms with van der Waals surface area (Å²) >= 11 is 0. The number of piperidine rings is 1. The average molecular weight is 554 g/mol. The lowest BCUT2D eigenvalue weighted by atomic mass is 9.59. The van der Waals surface area contributed by atoms with Crippen LogP contribution in [0, 0.1) is 23.2 Å². The van der Waals surface area contributed by atoms with E-state index in [1.54, 1.807) is 12.1 Å². The van der Waals surface area contributed by atoms with Gasteiger partial charge in [0, 0.05) is 36.1 Å². The number of aldehydes is 1. The highest BCUT2D eigenvalue weighted by Crippen LogP contribution is 2.50. The number of likely N-dealkylation sites (N-methyl/N-ethyl adjacent to an activating group) is 1. The van der Waals surface area contributed by atoms with Crippen LogP contribution in [0.25, 0.3) is 0 Å². The zero-order chi connectivity index (χ0) is 28.7. The minimum Gasteiger partial charge on any atom is -0.493 e. The van der Waals surface area contributed by atoms with Gasteiger partial charge in [0.1, 0.15) is 5.75 Å². The Balaban J connectivity index is 1.16. The van der Waals surface area contributed by atoms with E-state index < -0.39 is 6.04 Å². The number of fused-ring (bicyclic) bond motifs is 2. The molecule has 0 radical (unpaired) electrons. The molecule has 3 atom stereocenters. The van der Waals surface area contributed by atoms with Crippen LogP contribution in [0.2, 0.25) is 0 Å². The molecule has 3 fully saturated rings. The van der Waals surface area contributed by atoms with E-state index in [1.165, 1.54) is 19.3 Å². The fourth-order valence-electron chi connectivity index (χ4n) is 7.41. The maximum absolute atomic E-state index is 13.0. The number of nitrogens with one attached hydrogen (secondary N) is 2. The van der Waals surface area contributed by atoms with E-state index in [-0.39, 0.29) is 23.1 Å². The summed E-state index contributed by atoms with van der Waals surface area (Å²) in [6.07, 6.45) is 11.4. The molecule has 4 rings (SSSR count). The molecule has 3 aliphatic rings. The van der Waals surface area contributed by atoms with Crippen molar-refractivity contribution in [2.45, 2.75) is 97.1 Å². The van der Waals surface area contributed by atoms with Gasteiger partial charge in [-0.1, -0.05) is 38.8 Å². The summed E-state index contributed by atoms with van der Waals surface area (Å²) < 4.78 is 6.08. The van der Waals surface area contributed by atoms with E-state index >= 15 is 0 Å². The summed E-state index contributed by atoms with van der Waals surface area (Å²) in [5.74, 6) is 2.57. The fraction of sp³-hybridized carbons (Fsp3) is 0.688. The first-order valence-electron chi connectivity index (χ1n) is 15.2. The molecule has 1 aromatic carbocycles. The number of hydrogen-bond acceptors (Lipinski definition) is 6. The predicted octanol–water partition coefficient (Wildman–Crippen LogP) is 4.64. The molecule has 3 unspecified atom stereocenters. The van der Waals surface area contributed by atoms with Gasteiger partial charge in [-0.3, -0.25) is 29.4 Å². The first-order chi connectivity index (χ1) is 19.2. The fourth-order valence-corrected chi connectivity index (χ4v) is 7.41. The highest BCUT2D eigenvalue weighted by atomic mass is 16.5. The normalized spacial score (nSPS) is 28.2. The van der Waals surface area contributed by atoms with Gasteiger partial charge in [-0.15, -0.1) is 0 Å². The zero-order valence-electron chi connectivity index (χ0n) is 24.5. The second kappa shape index (κ2) is 13.7. The van der Waals surface area contributed by atoms with Crippen LogP contribution in [0.5, 0.6) is 5.75 Å². The lowest BCUT2D eigenvalue weighted by Gasteiger charge is -2.46. The van der Waals surface area contributed by atoms with E-state index in [0.717, 1.165) is 62.8 Å².